The minimum atomic E-state index is 0.799. The molecule has 0 aliphatic heterocycles. The maximum atomic E-state index is 3.56. The number of hydrogen-bond donors (Lipinski definition) is 1. The van der Waals surface area contributed by atoms with Gasteiger partial charge in [0.15, 0.2) is 0 Å². The van der Waals surface area contributed by atoms with Gasteiger partial charge < -0.3 is 5.32 Å². The first-order valence-corrected chi connectivity index (χ1v) is 5.05. The lowest BCUT2D eigenvalue weighted by atomic mass is 9.98. The molecule has 1 nitrogen and oxygen atoms in total. The molecule has 1 aliphatic carbocycles. The second-order valence-corrected chi connectivity index (χ2v) is 3.69. The standard InChI is InChI=1S/C12H19N/c1-3-13-10-5-4-8-12-9-6-7-11(12)2/h3-5,8,10-13H,1,6-7,9H2,2H3/b8-4-,10-5-. The van der Waals surface area contributed by atoms with Crippen LogP contribution in [0.5, 0.6) is 0 Å². The maximum absolute atomic E-state index is 3.56. The van der Waals surface area contributed by atoms with Crippen molar-refractivity contribution < 1.29 is 0 Å². The average Bonchev–Trinajstić information content (AvgIpc) is 2.52. The van der Waals surface area contributed by atoms with Gasteiger partial charge in [-0.2, -0.15) is 0 Å². The minimum absolute atomic E-state index is 0.799. The summed E-state index contributed by atoms with van der Waals surface area (Å²) in [5.74, 6) is 1.67. The molecule has 1 saturated carbocycles. The van der Waals surface area contributed by atoms with Crippen molar-refractivity contribution in [1.82, 2.24) is 5.32 Å². The average molecular weight is 177 g/mol. The SMILES string of the molecule is C=CN/C=C\C=C/C1CCCC1C. The molecule has 0 aromatic carbocycles. The van der Waals surface area contributed by atoms with E-state index in [0.717, 1.165) is 11.8 Å². The first-order valence-electron chi connectivity index (χ1n) is 5.05. The van der Waals surface area contributed by atoms with E-state index in [1.165, 1.54) is 19.3 Å². The molecule has 0 amide bonds. The number of rotatable bonds is 4. The monoisotopic (exact) mass is 177 g/mol. The van der Waals surface area contributed by atoms with Crippen molar-refractivity contribution in [2.24, 2.45) is 11.8 Å². The van der Waals surface area contributed by atoms with Crippen LogP contribution in [-0.2, 0) is 0 Å². The van der Waals surface area contributed by atoms with Crippen LogP contribution in [0, 0.1) is 11.8 Å². The first kappa shape index (κ1) is 10.1. The first-order chi connectivity index (χ1) is 6.34. The zero-order chi connectivity index (χ0) is 9.52. The molecule has 0 spiro atoms. The molecule has 1 fully saturated rings. The molecule has 1 rings (SSSR count). The third-order valence-electron chi connectivity index (χ3n) is 2.71. The molecule has 0 bridgehead atoms. The zero-order valence-corrected chi connectivity index (χ0v) is 8.37. The van der Waals surface area contributed by atoms with Crippen molar-refractivity contribution in [3.63, 3.8) is 0 Å². The summed E-state index contributed by atoms with van der Waals surface area (Å²) in [4.78, 5) is 0. The molecule has 0 aromatic heterocycles. The lowest BCUT2D eigenvalue weighted by molar-refractivity contribution is 0.504. The van der Waals surface area contributed by atoms with Gasteiger partial charge in [0.05, 0.1) is 0 Å². The molecule has 72 valence electrons. The zero-order valence-electron chi connectivity index (χ0n) is 8.37. The molecule has 0 aromatic rings. The molecular formula is C12H19N. The molecule has 1 N–H and O–H groups in total. The van der Waals surface area contributed by atoms with E-state index >= 15 is 0 Å². The van der Waals surface area contributed by atoms with Crippen LogP contribution < -0.4 is 5.32 Å². The maximum Gasteiger partial charge on any atom is 0.000407 e. The Hall–Kier alpha value is -0.980. The van der Waals surface area contributed by atoms with Gasteiger partial charge in [-0.05, 0) is 30.5 Å². The summed E-state index contributed by atoms with van der Waals surface area (Å²) in [5.41, 5.74) is 0. The van der Waals surface area contributed by atoms with Crippen LogP contribution >= 0.6 is 0 Å². The van der Waals surface area contributed by atoms with Gasteiger partial charge in [0.2, 0.25) is 0 Å². The molecular weight excluding hydrogens is 158 g/mol. The predicted octanol–water partition coefficient (Wildman–Crippen LogP) is 3.23. The number of nitrogens with one attached hydrogen (secondary N) is 1. The Balaban J connectivity index is 2.26. The van der Waals surface area contributed by atoms with Gasteiger partial charge in [0.25, 0.3) is 0 Å². The summed E-state index contributed by atoms with van der Waals surface area (Å²) in [5, 5.41) is 2.92. The lowest BCUT2D eigenvalue weighted by Crippen LogP contribution is -1.98. The molecule has 0 radical (unpaired) electrons. The van der Waals surface area contributed by atoms with Gasteiger partial charge in [-0.3, -0.25) is 0 Å². The van der Waals surface area contributed by atoms with E-state index < -0.39 is 0 Å². The summed E-state index contributed by atoms with van der Waals surface area (Å²) >= 11 is 0. The quantitative estimate of drug-likeness (QED) is 0.650. The van der Waals surface area contributed by atoms with E-state index in [9.17, 15) is 0 Å². The van der Waals surface area contributed by atoms with Crippen molar-refractivity contribution in [3.05, 3.63) is 37.2 Å². The highest BCUT2D eigenvalue weighted by molar-refractivity contribution is 5.05. The topological polar surface area (TPSA) is 12.0 Å². The largest absolute Gasteiger partial charge is 0.368 e. The Bertz CT molecular complexity index is 203. The summed E-state index contributed by atoms with van der Waals surface area (Å²) in [6, 6.07) is 0. The Kier molecular flexibility index (Phi) is 4.37. The van der Waals surface area contributed by atoms with Crippen molar-refractivity contribution in [1.29, 1.82) is 0 Å². The van der Waals surface area contributed by atoms with Crippen molar-refractivity contribution in [2.75, 3.05) is 0 Å². The van der Waals surface area contributed by atoms with E-state index in [1.54, 1.807) is 6.20 Å². The lowest BCUT2D eigenvalue weighted by Gasteiger charge is -2.08. The van der Waals surface area contributed by atoms with Crippen LogP contribution in [0.2, 0.25) is 0 Å². The minimum Gasteiger partial charge on any atom is -0.368 e. The number of hydrogen-bond acceptors (Lipinski definition) is 1. The van der Waals surface area contributed by atoms with E-state index in [1.807, 2.05) is 12.3 Å². The van der Waals surface area contributed by atoms with Crippen LogP contribution in [0.3, 0.4) is 0 Å². The Morgan fingerprint density at radius 1 is 1.31 bits per heavy atom. The summed E-state index contributed by atoms with van der Waals surface area (Å²) in [6.07, 6.45) is 14.2. The van der Waals surface area contributed by atoms with Gasteiger partial charge in [0.1, 0.15) is 0 Å². The smallest absolute Gasteiger partial charge is 0.000407 e. The second kappa shape index (κ2) is 5.63. The Morgan fingerprint density at radius 2 is 2.15 bits per heavy atom. The Labute approximate surface area is 81.2 Å². The summed E-state index contributed by atoms with van der Waals surface area (Å²) in [7, 11) is 0. The predicted molar refractivity (Wildman–Crippen MR) is 58.1 cm³/mol. The third kappa shape index (κ3) is 3.49. The second-order valence-electron chi connectivity index (χ2n) is 3.69. The van der Waals surface area contributed by atoms with Gasteiger partial charge in [-0.15, -0.1) is 0 Å². The van der Waals surface area contributed by atoms with E-state index in [-0.39, 0.29) is 0 Å². The summed E-state index contributed by atoms with van der Waals surface area (Å²) in [6.45, 7) is 5.90. The fraction of sp³-hybridized carbons (Fsp3) is 0.500. The molecule has 13 heavy (non-hydrogen) atoms. The van der Waals surface area contributed by atoms with Crippen LogP contribution in [0.1, 0.15) is 26.2 Å². The highest BCUT2D eigenvalue weighted by Crippen LogP contribution is 2.31. The van der Waals surface area contributed by atoms with Crippen molar-refractivity contribution in [2.45, 2.75) is 26.2 Å². The molecule has 0 saturated heterocycles. The van der Waals surface area contributed by atoms with Gasteiger partial charge in [-0.25, -0.2) is 0 Å². The highest BCUT2D eigenvalue weighted by Gasteiger charge is 2.19. The van der Waals surface area contributed by atoms with Crippen LogP contribution in [0.4, 0.5) is 0 Å². The molecule has 0 heterocycles. The molecule has 2 unspecified atom stereocenters. The van der Waals surface area contributed by atoms with Crippen LogP contribution in [0.15, 0.2) is 37.2 Å². The normalized spacial score (nSPS) is 28.7. The molecule has 1 aliphatic rings. The number of allylic oxidation sites excluding steroid dienone is 3. The Morgan fingerprint density at radius 3 is 2.77 bits per heavy atom. The van der Waals surface area contributed by atoms with E-state index in [4.69, 9.17) is 0 Å². The van der Waals surface area contributed by atoms with Gasteiger partial charge in [-0.1, -0.05) is 38.5 Å². The van der Waals surface area contributed by atoms with E-state index in [0.29, 0.717) is 0 Å². The van der Waals surface area contributed by atoms with Crippen molar-refractivity contribution in [3.8, 4) is 0 Å². The molecule has 2 atom stereocenters. The fourth-order valence-corrected chi connectivity index (χ4v) is 1.85. The van der Waals surface area contributed by atoms with E-state index in [2.05, 4.69) is 31.0 Å². The van der Waals surface area contributed by atoms with Gasteiger partial charge >= 0.3 is 0 Å². The third-order valence-corrected chi connectivity index (χ3v) is 2.71. The summed E-state index contributed by atoms with van der Waals surface area (Å²) < 4.78 is 0. The highest BCUT2D eigenvalue weighted by atomic mass is 14.8. The fourth-order valence-electron chi connectivity index (χ4n) is 1.85. The van der Waals surface area contributed by atoms with Crippen molar-refractivity contribution >= 4 is 0 Å². The molecule has 1 heteroatoms. The van der Waals surface area contributed by atoms with Crippen LogP contribution in [0.25, 0.3) is 0 Å². The van der Waals surface area contributed by atoms with Crippen LogP contribution in [-0.4, -0.2) is 0 Å². The van der Waals surface area contributed by atoms with Gasteiger partial charge in [0, 0.05) is 6.20 Å².